The fraction of sp³-hybridized carbons (Fsp3) is 0.500. The molecule has 1 aromatic carbocycles. The van der Waals surface area contributed by atoms with Crippen molar-refractivity contribution < 1.29 is 4.79 Å². The molecule has 0 bridgehead atoms. The van der Waals surface area contributed by atoms with Crippen molar-refractivity contribution in [1.82, 2.24) is 5.32 Å². The van der Waals surface area contributed by atoms with Crippen molar-refractivity contribution in [3.8, 4) is 6.07 Å². The number of amides is 1. The fourth-order valence-corrected chi connectivity index (χ4v) is 2.92. The van der Waals surface area contributed by atoms with Crippen LogP contribution in [0, 0.1) is 23.7 Å². The van der Waals surface area contributed by atoms with Crippen LogP contribution in [0.3, 0.4) is 0 Å². The third-order valence-corrected chi connectivity index (χ3v) is 4.09. The number of anilines is 1. The van der Waals surface area contributed by atoms with Gasteiger partial charge in [-0.25, -0.2) is 0 Å². The van der Waals surface area contributed by atoms with Gasteiger partial charge in [0.15, 0.2) is 0 Å². The first-order valence-electron chi connectivity index (χ1n) is 7.15. The fourth-order valence-electron chi connectivity index (χ4n) is 2.92. The molecule has 1 heterocycles. The van der Waals surface area contributed by atoms with E-state index in [2.05, 4.69) is 23.6 Å². The summed E-state index contributed by atoms with van der Waals surface area (Å²) in [5.74, 6) is 0.0338. The summed E-state index contributed by atoms with van der Waals surface area (Å²) >= 11 is 0. The van der Waals surface area contributed by atoms with Crippen LogP contribution in [0.1, 0.15) is 37.3 Å². The van der Waals surface area contributed by atoms with Gasteiger partial charge >= 0.3 is 0 Å². The van der Waals surface area contributed by atoms with Crippen molar-refractivity contribution in [2.45, 2.75) is 33.1 Å². The van der Waals surface area contributed by atoms with Gasteiger partial charge in [0.25, 0.3) is 0 Å². The number of nitrogens with zero attached hydrogens (tertiary/aromatic N) is 1. The number of nitriles is 1. The second kappa shape index (κ2) is 6.06. The Morgan fingerprint density at radius 2 is 2.35 bits per heavy atom. The van der Waals surface area contributed by atoms with E-state index in [0.29, 0.717) is 11.3 Å². The van der Waals surface area contributed by atoms with E-state index in [4.69, 9.17) is 0 Å². The number of carbonyl (C=O) groups excluding carboxylic acids is 1. The van der Waals surface area contributed by atoms with Crippen molar-refractivity contribution >= 4 is 11.6 Å². The number of nitrogens with one attached hydrogen (secondary N) is 2. The molecule has 106 valence electrons. The molecule has 0 aromatic heterocycles. The van der Waals surface area contributed by atoms with Crippen molar-refractivity contribution in [3.05, 3.63) is 29.3 Å². The van der Waals surface area contributed by atoms with E-state index < -0.39 is 0 Å². The summed E-state index contributed by atoms with van der Waals surface area (Å²) in [6.07, 6.45) is 2.72. The lowest BCUT2D eigenvalue weighted by Crippen LogP contribution is -2.38. The van der Waals surface area contributed by atoms with Crippen LogP contribution in [-0.2, 0) is 4.79 Å². The second-order valence-electron chi connectivity index (χ2n) is 5.52. The number of benzene rings is 1. The third kappa shape index (κ3) is 2.68. The molecule has 1 atom stereocenters. The van der Waals surface area contributed by atoms with Crippen LogP contribution >= 0.6 is 0 Å². The third-order valence-electron chi connectivity index (χ3n) is 4.09. The van der Waals surface area contributed by atoms with E-state index in [0.717, 1.165) is 37.9 Å². The average Bonchev–Trinajstić information content (AvgIpc) is 2.89. The molecule has 2 rings (SSSR count). The summed E-state index contributed by atoms with van der Waals surface area (Å²) < 4.78 is 0. The predicted molar refractivity (Wildman–Crippen MR) is 79.4 cm³/mol. The molecule has 4 heteroatoms. The van der Waals surface area contributed by atoms with Gasteiger partial charge in [-0.05, 0) is 37.9 Å². The minimum atomic E-state index is -0.328. The van der Waals surface area contributed by atoms with Gasteiger partial charge in [0, 0.05) is 6.54 Å². The molecule has 1 unspecified atom stereocenters. The Hall–Kier alpha value is -1.86. The average molecular weight is 271 g/mol. The summed E-state index contributed by atoms with van der Waals surface area (Å²) in [6.45, 7) is 5.58. The smallest absolute Gasteiger partial charge is 0.231 e. The molecule has 0 saturated carbocycles. The highest BCUT2D eigenvalue weighted by Crippen LogP contribution is 2.33. The van der Waals surface area contributed by atoms with E-state index in [9.17, 15) is 10.1 Å². The summed E-state index contributed by atoms with van der Waals surface area (Å²) in [5.41, 5.74) is 1.74. The summed E-state index contributed by atoms with van der Waals surface area (Å²) in [5, 5.41) is 15.5. The zero-order valence-electron chi connectivity index (χ0n) is 12.1. The molecule has 20 heavy (non-hydrogen) atoms. The molecule has 4 nitrogen and oxygen atoms in total. The van der Waals surface area contributed by atoms with Crippen molar-refractivity contribution in [3.63, 3.8) is 0 Å². The largest absolute Gasteiger partial charge is 0.324 e. The maximum absolute atomic E-state index is 12.6. The molecule has 1 amide bonds. The van der Waals surface area contributed by atoms with Gasteiger partial charge in [-0.15, -0.1) is 0 Å². The lowest BCUT2D eigenvalue weighted by Gasteiger charge is -2.26. The Kier molecular flexibility index (Phi) is 4.41. The van der Waals surface area contributed by atoms with E-state index in [-0.39, 0.29) is 11.3 Å². The lowest BCUT2D eigenvalue weighted by molar-refractivity contribution is -0.125. The Morgan fingerprint density at radius 3 is 2.95 bits per heavy atom. The van der Waals surface area contributed by atoms with E-state index in [1.165, 1.54) is 0 Å². The van der Waals surface area contributed by atoms with Gasteiger partial charge < -0.3 is 10.6 Å². The van der Waals surface area contributed by atoms with Crippen LogP contribution in [-0.4, -0.2) is 19.0 Å². The second-order valence-corrected chi connectivity index (χ2v) is 5.52. The van der Waals surface area contributed by atoms with Crippen molar-refractivity contribution in [2.24, 2.45) is 5.41 Å². The topological polar surface area (TPSA) is 64.9 Å². The van der Waals surface area contributed by atoms with E-state index in [1.807, 2.05) is 19.1 Å². The lowest BCUT2D eigenvalue weighted by atomic mass is 9.81. The molecular weight excluding hydrogens is 250 g/mol. The predicted octanol–water partition coefficient (Wildman–Crippen LogP) is 2.58. The first-order valence-corrected chi connectivity index (χ1v) is 7.15. The minimum absolute atomic E-state index is 0.0338. The molecule has 0 spiro atoms. The quantitative estimate of drug-likeness (QED) is 0.884. The molecule has 1 aliphatic heterocycles. The van der Waals surface area contributed by atoms with Gasteiger partial charge in [-0.2, -0.15) is 5.26 Å². The Morgan fingerprint density at radius 1 is 1.55 bits per heavy atom. The van der Waals surface area contributed by atoms with Crippen LogP contribution in [0.2, 0.25) is 0 Å². The zero-order chi connectivity index (χ0) is 14.6. The summed E-state index contributed by atoms with van der Waals surface area (Å²) in [6, 6.07) is 7.72. The molecule has 0 radical (unpaired) electrons. The molecular formula is C16H21N3O. The van der Waals surface area contributed by atoms with Crippen molar-refractivity contribution in [2.75, 3.05) is 18.4 Å². The number of hydrogen-bond donors (Lipinski definition) is 2. The number of rotatable bonds is 4. The molecule has 0 aliphatic carbocycles. The van der Waals surface area contributed by atoms with Crippen LogP contribution < -0.4 is 10.6 Å². The summed E-state index contributed by atoms with van der Waals surface area (Å²) in [7, 11) is 0. The minimum Gasteiger partial charge on any atom is -0.324 e. The first kappa shape index (κ1) is 14.5. The van der Waals surface area contributed by atoms with Crippen LogP contribution in [0.5, 0.6) is 0 Å². The maximum Gasteiger partial charge on any atom is 0.231 e. The van der Waals surface area contributed by atoms with Gasteiger partial charge in [0.05, 0.1) is 16.7 Å². The van der Waals surface area contributed by atoms with Gasteiger partial charge in [-0.1, -0.05) is 25.5 Å². The van der Waals surface area contributed by atoms with E-state index >= 15 is 0 Å². The molecule has 1 aromatic rings. The normalized spacial score (nSPS) is 21.4. The maximum atomic E-state index is 12.6. The molecule has 1 fully saturated rings. The Balaban J connectivity index is 2.23. The number of aryl methyl sites for hydroxylation is 1. The highest BCUT2D eigenvalue weighted by Gasteiger charge is 2.40. The molecule has 1 saturated heterocycles. The van der Waals surface area contributed by atoms with Gasteiger partial charge in [-0.3, -0.25) is 4.79 Å². The Bertz CT molecular complexity index is 539. The highest BCUT2D eigenvalue weighted by molar-refractivity contribution is 5.97. The van der Waals surface area contributed by atoms with Gasteiger partial charge in [0.1, 0.15) is 6.07 Å². The van der Waals surface area contributed by atoms with Gasteiger partial charge in [0.2, 0.25) is 5.91 Å². The van der Waals surface area contributed by atoms with Crippen LogP contribution in [0.4, 0.5) is 5.69 Å². The van der Waals surface area contributed by atoms with Crippen molar-refractivity contribution in [1.29, 1.82) is 5.26 Å². The molecule has 1 aliphatic rings. The standard InChI is InChI=1S/C16H21N3O/c1-3-7-16(8-9-18-11-16)15(20)19-14-6-4-5-12(2)13(14)10-17/h4-6,18H,3,7-9,11H2,1-2H3,(H,19,20). The SMILES string of the molecule is CCCC1(C(=O)Nc2cccc(C)c2C#N)CCNC1. The summed E-state index contributed by atoms with van der Waals surface area (Å²) in [4.78, 5) is 12.6. The van der Waals surface area contributed by atoms with Crippen LogP contribution in [0.25, 0.3) is 0 Å². The van der Waals surface area contributed by atoms with Crippen LogP contribution in [0.15, 0.2) is 18.2 Å². The highest BCUT2D eigenvalue weighted by atomic mass is 16.2. The first-order chi connectivity index (χ1) is 9.63. The Labute approximate surface area is 120 Å². The molecule has 2 N–H and O–H groups in total. The monoisotopic (exact) mass is 271 g/mol. The van der Waals surface area contributed by atoms with E-state index in [1.54, 1.807) is 6.07 Å². The number of carbonyl (C=O) groups is 1. The number of hydrogen-bond acceptors (Lipinski definition) is 3. The zero-order valence-corrected chi connectivity index (χ0v) is 12.1.